The van der Waals surface area contributed by atoms with Gasteiger partial charge in [0.25, 0.3) is 0 Å². The predicted molar refractivity (Wildman–Crippen MR) is 67.1 cm³/mol. The summed E-state index contributed by atoms with van der Waals surface area (Å²) in [6.07, 6.45) is 3.25. The Bertz CT molecular complexity index is 540. The lowest BCUT2D eigenvalue weighted by Crippen LogP contribution is -1.87. The SMILES string of the molecule is OC/C(=C\C#Cc1ccccc1)c1ccco1. The van der Waals surface area contributed by atoms with Gasteiger partial charge >= 0.3 is 0 Å². The van der Waals surface area contributed by atoms with Gasteiger partial charge in [0.05, 0.1) is 12.9 Å². The number of furan rings is 1. The van der Waals surface area contributed by atoms with E-state index in [9.17, 15) is 5.11 Å². The van der Waals surface area contributed by atoms with Gasteiger partial charge in [-0.2, -0.15) is 0 Å². The van der Waals surface area contributed by atoms with Crippen LogP contribution >= 0.6 is 0 Å². The quantitative estimate of drug-likeness (QED) is 0.796. The van der Waals surface area contributed by atoms with Crippen molar-refractivity contribution in [3.8, 4) is 11.8 Å². The van der Waals surface area contributed by atoms with E-state index in [2.05, 4.69) is 11.8 Å². The van der Waals surface area contributed by atoms with Crippen molar-refractivity contribution in [3.63, 3.8) is 0 Å². The second kappa shape index (κ2) is 5.74. The average molecular weight is 224 g/mol. The summed E-state index contributed by atoms with van der Waals surface area (Å²) >= 11 is 0. The van der Waals surface area contributed by atoms with Gasteiger partial charge in [-0.15, -0.1) is 0 Å². The van der Waals surface area contributed by atoms with E-state index in [0.717, 1.165) is 5.56 Å². The van der Waals surface area contributed by atoms with Crippen LogP contribution in [0.15, 0.2) is 59.2 Å². The molecule has 1 aromatic heterocycles. The molecule has 0 spiro atoms. The van der Waals surface area contributed by atoms with Crippen LogP contribution in [0, 0.1) is 11.8 Å². The lowest BCUT2D eigenvalue weighted by Gasteiger charge is -1.95. The number of aliphatic hydroxyl groups excluding tert-OH is 1. The van der Waals surface area contributed by atoms with Gasteiger partial charge in [0.15, 0.2) is 0 Å². The van der Waals surface area contributed by atoms with Crippen molar-refractivity contribution in [2.45, 2.75) is 0 Å². The first-order valence-electron chi connectivity index (χ1n) is 5.30. The molecule has 0 aliphatic rings. The Morgan fingerprint density at radius 1 is 1.18 bits per heavy atom. The van der Waals surface area contributed by atoms with E-state index < -0.39 is 0 Å². The molecule has 0 fully saturated rings. The lowest BCUT2D eigenvalue weighted by atomic mass is 10.2. The molecule has 1 N–H and O–H groups in total. The van der Waals surface area contributed by atoms with Crippen LogP contribution in [0.5, 0.6) is 0 Å². The number of hydrogen-bond acceptors (Lipinski definition) is 2. The van der Waals surface area contributed by atoms with Crippen molar-refractivity contribution in [2.24, 2.45) is 0 Å². The third-order valence-electron chi connectivity index (χ3n) is 2.24. The molecule has 0 atom stereocenters. The minimum atomic E-state index is -0.0863. The van der Waals surface area contributed by atoms with Crippen molar-refractivity contribution < 1.29 is 9.52 Å². The smallest absolute Gasteiger partial charge is 0.132 e. The molecule has 0 unspecified atom stereocenters. The minimum Gasteiger partial charge on any atom is -0.465 e. The van der Waals surface area contributed by atoms with Crippen LogP contribution in [0.25, 0.3) is 5.57 Å². The van der Waals surface area contributed by atoms with Crippen molar-refractivity contribution in [3.05, 3.63) is 66.1 Å². The highest BCUT2D eigenvalue weighted by Crippen LogP contribution is 2.13. The number of benzene rings is 1. The highest BCUT2D eigenvalue weighted by Gasteiger charge is 2.00. The molecule has 2 nitrogen and oxygen atoms in total. The van der Waals surface area contributed by atoms with E-state index in [1.807, 2.05) is 30.3 Å². The molecule has 0 radical (unpaired) electrons. The van der Waals surface area contributed by atoms with E-state index in [4.69, 9.17) is 4.42 Å². The van der Waals surface area contributed by atoms with Gasteiger partial charge in [0, 0.05) is 11.1 Å². The van der Waals surface area contributed by atoms with Gasteiger partial charge in [0.2, 0.25) is 0 Å². The fraction of sp³-hybridized carbons (Fsp3) is 0.0667. The molecule has 2 aromatic rings. The summed E-state index contributed by atoms with van der Waals surface area (Å²) in [6, 6.07) is 13.3. The predicted octanol–water partition coefficient (Wildman–Crippen LogP) is 2.71. The Hall–Kier alpha value is -2.24. The molecular weight excluding hydrogens is 212 g/mol. The van der Waals surface area contributed by atoms with Crippen LogP contribution in [0.1, 0.15) is 11.3 Å². The Kier molecular flexibility index (Phi) is 3.80. The molecule has 2 rings (SSSR count). The summed E-state index contributed by atoms with van der Waals surface area (Å²) in [4.78, 5) is 0. The molecule has 0 saturated carbocycles. The Balaban J connectivity index is 2.17. The highest BCUT2D eigenvalue weighted by molar-refractivity contribution is 5.65. The van der Waals surface area contributed by atoms with E-state index in [0.29, 0.717) is 11.3 Å². The van der Waals surface area contributed by atoms with Crippen molar-refractivity contribution in [2.75, 3.05) is 6.61 Å². The third kappa shape index (κ3) is 3.10. The van der Waals surface area contributed by atoms with Crippen molar-refractivity contribution in [1.82, 2.24) is 0 Å². The van der Waals surface area contributed by atoms with Crippen LogP contribution in [0.4, 0.5) is 0 Å². The van der Waals surface area contributed by atoms with E-state index in [-0.39, 0.29) is 6.61 Å². The summed E-state index contributed by atoms with van der Waals surface area (Å²) in [5.74, 6) is 6.55. The minimum absolute atomic E-state index is 0.0863. The molecule has 1 heterocycles. The van der Waals surface area contributed by atoms with Gasteiger partial charge in [-0.1, -0.05) is 30.0 Å². The topological polar surface area (TPSA) is 33.4 Å². The van der Waals surface area contributed by atoms with Gasteiger partial charge in [-0.3, -0.25) is 0 Å². The molecule has 2 heteroatoms. The first-order chi connectivity index (χ1) is 8.40. The van der Waals surface area contributed by atoms with Crippen LogP contribution in [0.2, 0.25) is 0 Å². The Morgan fingerprint density at radius 2 is 2.00 bits per heavy atom. The number of aliphatic hydroxyl groups is 1. The molecule has 0 aliphatic carbocycles. The Labute approximate surface area is 100 Å². The average Bonchev–Trinajstić information content (AvgIpc) is 2.90. The zero-order valence-corrected chi connectivity index (χ0v) is 9.26. The zero-order chi connectivity index (χ0) is 11.9. The number of rotatable bonds is 2. The summed E-state index contributed by atoms with van der Waals surface area (Å²) in [7, 11) is 0. The largest absolute Gasteiger partial charge is 0.465 e. The maximum absolute atomic E-state index is 9.20. The van der Waals surface area contributed by atoms with Crippen molar-refractivity contribution >= 4 is 5.57 Å². The highest BCUT2D eigenvalue weighted by atomic mass is 16.3. The molecule has 0 aliphatic heterocycles. The van der Waals surface area contributed by atoms with E-state index in [1.165, 1.54) is 0 Å². The fourth-order valence-electron chi connectivity index (χ4n) is 1.38. The number of hydrogen-bond donors (Lipinski definition) is 1. The summed E-state index contributed by atoms with van der Waals surface area (Å²) in [5.41, 5.74) is 1.62. The third-order valence-corrected chi connectivity index (χ3v) is 2.24. The van der Waals surface area contributed by atoms with Crippen LogP contribution in [0.3, 0.4) is 0 Å². The summed E-state index contributed by atoms with van der Waals surface area (Å²) in [5, 5.41) is 9.20. The lowest BCUT2D eigenvalue weighted by molar-refractivity contribution is 0.346. The van der Waals surface area contributed by atoms with Gasteiger partial charge in [-0.25, -0.2) is 0 Å². The Morgan fingerprint density at radius 3 is 2.65 bits per heavy atom. The normalized spacial score (nSPS) is 10.8. The van der Waals surface area contributed by atoms with E-state index >= 15 is 0 Å². The van der Waals surface area contributed by atoms with Crippen molar-refractivity contribution in [1.29, 1.82) is 0 Å². The molecule has 0 bridgehead atoms. The van der Waals surface area contributed by atoms with Gasteiger partial charge in [-0.05, 0) is 30.3 Å². The first kappa shape index (κ1) is 11.3. The molecule has 17 heavy (non-hydrogen) atoms. The van der Waals surface area contributed by atoms with Crippen LogP contribution < -0.4 is 0 Å². The van der Waals surface area contributed by atoms with Crippen LogP contribution in [-0.2, 0) is 0 Å². The van der Waals surface area contributed by atoms with E-state index in [1.54, 1.807) is 24.5 Å². The molecule has 0 saturated heterocycles. The van der Waals surface area contributed by atoms with Gasteiger partial charge < -0.3 is 9.52 Å². The summed E-state index contributed by atoms with van der Waals surface area (Å²) < 4.78 is 5.19. The maximum atomic E-state index is 9.20. The maximum Gasteiger partial charge on any atom is 0.132 e. The second-order valence-electron chi connectivity index (χ2n) is 3.44. The van der Waals surface area contributed by atoms with Crippen LogP contribution in [-0.4, -0.2) is 11.7 Å². The molecule has 1 aromatic carbocycles. The zero-order valence-electron chi connectivity index (χ0n) is 9.26. The number of allylic oxidation sites excluding steroid dienone is 1. The monoisotopic (exact) mass is 224 g/mol. The fourth-order valence-corrected chi connectivity index (χ4v) is 1.38. The summed E-state index contributed by atoms with van der Waals surface area (Å²) in [6.45, 7) is -0.0863. The second-order valence-corrected chi connectivity index (χ2v) is 3.44. The van der Waals surface area contributed by atoms with Gasteiger partial charge in [0.1, 0.15) is 5.76 Å². The molecule has 84 valence electrons. The molecule has 0 amide bonds. The first-order valence-corrected chi connectivity index (χ1v) is 5.30. The molecular formula is C15H12O2. The standard InChI is InChI=1S/C15H12O2/c16-12-14(15-10-5-11-17-15)9-4-8-13-6-2-1-3-7-13/h1-3,5-7,9-11,16H,12H2/b14-9+.